The number of carbonyl (C=O) groups is 1. The average Bonchev–Trinajstić information content (AvgIpc) is 3.21. The van der Waals surface area contributed by atoms with Crippen LogP contribution in [0.4, 0.5) is 0 Å². The van der Waals surface area contributed by atoms with Crippen LogP contribution in [0, 0.1) is 0 Å². The molecule has 1 aromatic heterocycles. The highest BCUT2D eigenvalue weighted by molar-refractivity contribution is 7.17. The highest BCUT2D eigenvalue weighted by Crippen LogP contribution is 2.32. The summed E-state index contributed by atoms with van der Waals surface area (Å²) in [4.78, 5) is 14.0. The average molecular weight is 289 g/mol. The van der Waals surface area contributed by atoms with Crippen molar-refractivity contribution in [2.45, 2.75) is 32.4 Å². The van der Waals surface area contributed by atoms with Gasteiger partial charge in [-0.2, -0.15) is 0 Å². The second kappa shape index (κ2) is 5.94. The molecule has 20 heavy (non-hydrogen) atoms. The summed E-state index contributed by atoms with van der Waals surface area (Å²) in [5.41, 5.74) is 1.32. The van der Waals surface area contributed by atoms with Crippen LogP contribution in [0.1, 0.15) is 25.3 Å². The van der Waals surface area contributed by atoms with Gasteiger partial charge in [0.1, 0.15) is 0 Å². The minimum Gasteiger partial charge on any atom is -0.465 e. The van der Waals surface area contributed by atoms with E-state index in [0.717, 1.165) is 6.54 Å². The molecule has 0 unspecified atom stereocenters. The fourth-order valence-corrected chi connectivity index (χ4v) is 3.45. The molecule has 0 N–H and O–H groups in total. The minimum atomic E-state index is -0.112. The standard InChI is InChI=1S/C16H19NO2S/c1-2-19-16(18)10-17(13-7-8-13)9-12-11-20-15-6-4-3-5-14(12)15/h3-6,11,13H,2,7-10H2,1H3. The predicted octanol–water partition coefficient (Wildman–Crippen LogP) is 3.43. The number of hydrogen-bond donors (Lipinski definition) is 0. The van der Waals surface area contributed by atoms with Crippen LogP contribution in [-0.2, 0) is 16.1 Å². The lowest BCUT2D eigenvalue weighted by Crippen LogP contribution is -2.32. The summed E-state index contributed by atoms with van der Waals surface area (Å²) >= 11 is 1.77. The van der Waals surface area contributed by atoms with Gasteiger partial charge in [-0.3, -0.25) is 9.69 Å². The number of esters is 1. The lowest BCUT2D eigenvalue weighted by Gasteiger charge is -2.20. The fourth-order valence-electron chi connectivity index (χ4n) is 2.50. The molecule has 1 aromatic carbocycles. The van der Waals surface area contributed by atoms with E-state index in [1.54, 1.807) is 11.3 Å². The first-order valence-corrected chi connectivity index (χ1v) is 8.00. The third kappa shape index (κ3) is 3.02. The summed E-state index contributed by atoms with van der Waals surface area (Å²) in [6.45, 7) is 3.56. The molecule has 0 amide bonds. The summed E-state index contributed by atoms with van der Waals surface area (Å²) < 4.78 is 6.39. The maximum absolute atomic E-state index is 11.7. The molecule has 0 atom stereocenters. The summed E-state index contributed by atoms with van der Waals surface area (Å²) in [6, 6.07) is 9.01. The molecule has 1 aliphatic carbocycles. The Morgan fingerprint density at radius 2 is 2.20 bits per heavy atom. The number of ether oxygens (including phenoxy) is 1. The molecule has 1 heterocycles. The van der Waals surface area contributed by atoms with Crippen LogP contribution < -0.4 is 0 Å². The summed E-state index contributed by atoms with van der Waals surface area (Å²) in [6.07, 6.45) is 2.39. The zero-order valence-corrected chi connectivity index (χ0v) is 12.5. The van der Waals surface area contributed by atoms with Crippen LogP contribution in [0.3, 0.4) is 0 Å². The number of fused-ring (bicyclic) bond motifs is 1. The molecule has 0 saturated heterocycles. The van der Waals surface area contributed by atoms with E-state index in [4.69, 9.17) is 4.74 Å². The highest BCUT2D eigenvalue weighted by Gasteiger charge is 2.31. The summed E-state index contributed by atoms with van der Waals surface area (Å²) in [5.74, 6) is -0.112. The van der Waals surface area contributed by atoms with E-state index in [1.165, 1.54) is 28.5 Å². The smallest absolute Gasteiger partial charge is 0.320 e. The van der Waals surface area contributed by atoms with Crippen molar-refractivity contribution in [1.82, 2.24) is 4.90 Å². The maximum Gasteiger partial charge on any atom is 0.320 e. The van der Waals surface area contributed by atoms with Gasteiger partial charge in [0.05, 0.1) is 13.2 Å². The lowest BCUT2D eigenvalue weighted by molar-refractivity contribution is -0.144. The zero-order valence-electron chi connectivity index (χ0n) is 11.7. The number of benzene rings is 1. The molecule has 106 valence electrons. The quantitative estimate of drug-likeness (QED) is 0.763. The Hall–Kier alpha value is -1.39. The van der Waals surface area contributed by atoms with Gasteiger partial charge < -0.3 is 4.74 Å². The van der Waals surface area contributed by atoms with Gasteiger partial charge in [0.2, 0.25) is 0 Å². The molecule has 0 radical (unpaired) electrons. The number of thiophene rings is 1. The Bertz CT molecular complexity index is 603. The van der Waals surface area contributed by atoms with Gasteiger partial charge in [0.15, 0.2) is 0 Å². The fraction of sp³-hybridized carbons (Fsp3) is 0.438. The van der Waals surface area contributed by atoms with Crippen LogP contribution in [0.5, 0.6) is 0 Å². The SMILES string of the molecule is CCOC(=O)CN(Cc1csc2ccccc12)C1CC1. The Morgan fingerprint density at radius 1 is 1.40 bits per heavy atom. The van der Waals surface area contributed by atoms with Gasteiger partial charge in [-0.1, -0.05) is 18.2 Å². The molecule has 3 nitrogen and oxygen atoms in total. The molecule has 3 rings (SSSR count). The Labute approximate surface area is 123 Å². The van der Waals surface area contributed by atoms with Crippen LogP contribution in [0.25, 0.3) is 10.1 Å². The van der Waals surface area contributed by atoms with Crippen LogP contribution in [-0.4, -0.2) is 30.1 Å². The summed E-state index contributed by atoms with van der Waals surface area (Å²) in [7, 11) is 0. The number of nitrogens with zero attached hydrogens (tertiary/aromatic N) is 1. The van der Waals surface area contributed by atoms with Gasteiger partial charge >= 0.3 is 5.97 Å². The van der Waals surface area contributed by atoms with Crippen molar-refractivity contribution >= 4 is 27.4 Å². The van der Waals surface area contributed by atoms with E-state index in [9.17, 15) is 4.79 Å². The molecule has 1 fully saturated rings. The van der Waals surface area contributed by atoms with E-state index in [1.807, 2.05) is 6.92 Å². The highest BCUT2D eigenvalue weighted by atomic mass is 32.1. The Balaban J connectivity index is 1.74. The molecule has 0 spiro atoms. The first-order valence-electron chi connectivity index (χ1n) is 7.12. The van der Waals surface area contributed by atoms with Gasteiger partial charge in [0, 0.05) is 17.3 Å². The Morgan fingerprint density at radius 3 is 2.95 bits per heavy atom. The second-order valence-electron chi connectivity index (χ2n) is 5.20. The first kappa shape index (κ1) is 13.6. The van der Waals surface area contributed by atoms with Crippen LogP contribution in [0.2, 0.25) is 0 Å². The van der Waals surface area contributed by atoms with Crippen LogP contribution in [0.15, 0.2) is 29.6 Å². The number of carbonyl (C=O) groups excluding carboxylic acids is 1. The largest absolute Gasteiger partial charge is 0.465 e. The van der Waals surface area contributed by atoms with Crippen molar-refractivity contribution in [1.29, 1.82) is 0 Å². The number of hydrogen-bond acceptors (Lipinski definition) is 4. The van der Waals surface area contributed by atoms with Crippen molar-refractivity contribution in [3.8, 4) is 0 Å². The van der Waals surface area contributed by atoms with Crippen molar-refractivity contribution < 1.29 is 9.53 Å². The Kier molecular flexibility index (Phi) is 4.03. The van der Waals surface area contributed by atoms with Crippen LogP contribution >= 0.6 is 11.3 Å². The van der Waals surface area contributed by atoms with Crippen molar-refractivity contribution in [3.63, 3.8) is 0 Å². The van der Waals surface area contributed by atoms with Gasteiger partial charge in [-0.05, 0) is 42.2 Å². The topological polar surface area (TPSA) is 29.5 Å². The molecule has 1 saturated carbocycles. The monoisotopic (exact) mass is 289 g/mol. The molecule has 4 heteroatoms. The van der Waals surface area contributed by atoms with Gasteiger partial charge in [-0.25, -0.2) is 0 Å². The van der Waals surface area contributed by atoms with Crippen molar-refractivity contribution in [2.24, 2.45) is 0 Å². The van der Waals surface area contributed by atoms with Gasteiger partial charge in [0.25, 0.3) is 0 Å². The summed E-state index contributed by atoms with van der Waals surface area (Å²) in [5, 5.41) is 3.53. The van der Waals surface area contributed by atoms with E-state index in [0.29, 0.717) is 19.2 Å². The van der Waals surface area contributed by atoms with Crippen molar-refractivity contribution in [2.75, 3.05) is 13.2 Å². The molecule has 2 aromatic rings. The van der Waals surface area contributed by atoms with E-state index < -0.39 is 0 Å². The molecular formula is C16H19NO2S. The van der Waals surface area contributed by atoms with E-state index in [2.05, 4.69) is 34.5 Å². The third-order valence-corrected chi connectivity index (χ3v) is 4.65. The molecule has 0 aliphatic heterocycles. The third-order valence-electron chi connectivity index (χ3n) is 3.64. The minimum absolute atomic E-state index is 0.112. The van der Waals surface area contributed by atoms with Crippen molar-refractivity contribution in [3.05, 3.63) is 35.2 Å². The van der Waals surface area contributed by atoms with Gasteiger partial charge in [-0.15, -0.1) is 11.3 Å². The lowest BCUT2D eigenvalue weighted by atomic mass is 10.1. The maximum atomic E-state index is 11.7. The normalized spacial score (nSPS) is 14.9. The van der Waals surface area contributed by atoms with E-state index >= 15 is 0 Å². The predicted molar refractivity (Wildman–Crippen MR) is 81.9 cm³/mol. The molecule has 1 aliphatic rings. The molecular weight excluding hydrogens is 270 g/mol. The second-order valence-corrected chi connectivity index (χ2v) is 6.11. The van der Waals surface area contributed by atoms with E-state index in [-0.39, 0.29) is 5.97 Å². The molecule has 0 bridgehead atoms. The first-order chi connectivity index (χ1) is 9.78. The number of rotatable bonds is 6. The zero-order chi connectivity index (χ0) is 13.9.